The van der Waals surface area contributed by atoms with Crippen LogP contribution < -0.4 is 5.73 Å². The predicted octanol–water partition coefficient (Wildman–Crippen LogP) is 2.81. The number of benzene rings is 1. The second kappa shape index (κ2) is 6.87. The summed E-state index contributed by atoms with van der Waals surface area (Å²) in [5.74, 6) is -0.550. The Hall–Kier alpha value is -1.13. The van der Waals surface area contributed by atoms with Crippen LogP contribution in [0.4, 0.5) is 4.39 Å². The Morgan fingerprint density at radius 2 is 2.11 bits per heavy atom. The first-order valence-electron chi connectivity index (χ1n) is 6.35. The van der Waals surface area contributed by atoms with Gasteiger partial charge in [-0.3, -0.25) is 4.79 Å². The van der Waals surface area contributed by atoms with Crippen LogP contribution in [0.15, 0.2) is 18.2 Å². The minimum absolute atomic E-state index is 0.0395. The van der Waals surface area contributed by atoms with Crippen molar-refractivity contribution in [2.75, 3.05) is 6.54 Å². The average molecular weight is 287 g/mol. The van der Waals surface area contributed by atoms with Gasteiger partial charge in [0.25, 0.3) is 0 Å². The van der Waals surface area contributed by atoms with E-state index in [0.29, 0.717) is 17.1 Å². The third kappa shape index (κ3) is 3.91. The molecule has 1 amide bonds. The number of carbonyl (C=O) groups is 1. The molecule has 0 spiro atoms. The van der Waals surface area contributed by atoms with E-state index in [-0.39, 0.29) is 18.4 Å². The van der Waals surface area contributed by atoms with E-state index in [1.165, 1.54) is 11.0 Å². The highest BCUT2D eigenvalue weighted by atomic mass is 35.5. The van der Waals surface area contributed by atoms with Crippen molar-refractivity contribution in [1.29, 1.82) is 0 Å². The van der Waals surface area contributed by atoms with Crippen molar-refractivity contribution in [3.8, 4) is 0 Å². The quantitative estimate of drug-likeness (QED) is 0.905. The predicted molar refractivity (Wildman–Crippen MR) is 75.3 cm³/mol. The van der Waals surface area contributed by atoms with Gasteiger partial charge in [0.05, 0.1) is 12.6 Å². The van der Waals surface area contributed by atoms with Gasteiger partial charge in [-0.25, -0.2) is 4.39 Å². The van der Waals surface area contributed by atoms with Crippen molar-refractivity contribution >= 4 is 17.5 Å². The number of nitrogens with zero attached hydrogens (tertiary/aromatic N) is 1. The van der Waals surface area contributed by atoms with Gasteiger partial charge in [0.15, 0.2) is 0 Å². The Bertz CT molecular complexity index is 431. The Morgan fingerprint density at radius 1 is 1.47 bits per heavy atom. The van der Waals surface area contributed by atoms with Crippen molar-refractivity contribution in [2.45, 2.75) is 33.4 Å². The summed E-state index contributed by atoms with van der Waals surface area (Å²) < 4.78 is 13.7. The molecule has 0 aromatic heterocycles. The lowest BCUT2D eigenvalue weighted by molar-refractivity contribution is -0.134. The summed E-state index contributed by atoms with van der Waals surface area (Å²) in [4.78, 5) is 13.7. The molecule has 19 heavy (non-hydrogen) atoms. The maximum Gasteiger partial charge on any atom is 0.240 e. The third-order valence-corrected chi connectivity index (χ3v) is 3.46. The van der Waals surface area contributed by atoms with Crippen LogP contribution in [0.3, 0.4) is 0 Å². The van der Waals surface area contributed by atoms with Gasteiger partial charge in [-0.1, -0.05) is 31.5 Å². The first-order chi connectivity index (χ1) is 8.88. The molecule has 2 N–H and O–H groups in total. The Kier molecular flexibility index (Phi) is 5.76. The zero-order chi connectivity index (χ0) is 14.6. The van der Waals surface area contributed by atoms with Crippen LogP contribution in [0.1, 0.15) is 26.3 Å². The normalized spacial score (nSPS) is 12.6. The molecule has 1 aromatic carbocycles. The second-order valence-corrected chi connectivity index (χ2v) is 5.23. The van der Waals surface area contributed by atoms with E-state index in [1.54, 1.807) is 12.1 Å². The molecule has 0 heterocycles. The maximum absolute atomic E-state index is 13.7. The fraction of sp³-hybridized carbons (Fsp3) is 0.500. The van der Waals surface area contributed by atoms with Crippen LogP contribution in [-0.4, -0.2) is 23.4 Å². The second-order valence-electron chi connectivity index (χ2n) is 4.82. The van der Waals surface area contributed by atoms with Crippen LogP contribution in [0, 0.1) is 11.7 Å². The fourth-order valence-corrected chi connectivity index (χ4v) is 1.94. The lowest BCUT2D eigenvalue weighted by atomic mass is 10.0. The molecule has 1 atom stereocenters. The van der Waals surface area contributed by atoms with Crippen molar-refractivity contribution < 1.29 is 9.18 Å². The van der Waals surface area contributed by atoms with Crippen LogP contribution in [0.2, 0.25) is 5.02 Å². The Morgan fingerprint density at radius 3 is 2.58 bits per heavy atom. The summed E-state index contributed by atoms with van der Waals surface area (Å²) in [6.07, 6.45) is 0. The molecular formula is C14H20ClFN2O. The van der Waals surface area contributed by atoms with Crippen LogP contribution >= 0.6 is 11.6 Å². The first-order valence-corrected chi connectivity index (χ1v) is 6.73. The van der Waals surface area contributed by atoms with Gasteiger partial charge in [0.2, 0.25) is 5.91 Å². The number of hydrogen-bond acceptors (Lipinski definition) is 2. The third-order valence-electron chi connectivity index (χ3n) is 3.11. The Balaban J connectivity index is 2.91. The highest BCUT2D eigenvalue weighted by molar-refractivity contribution is 6.31. The monoisotopic (exact) mass is 286 g/mol. The summed E-state index contributed by atoms with van der Waals surface area (Å²) in [7, 11) is 0. The van der Waals surface area contributed by atoms with E-state index in [1.807, 2.05) is 20.8 Å². The molecule has 0 aliphatic heterocycles. The summed E-state index contributed by atoms with van der Waals surface area (Å²) in [6, 6.07) is 3.91. The van der Waals surface area contributed by atoms with Crippen LogP contribution in [0.25, 0.3) is 0 Å². The number of rotatable bonds is 5. The number of likely N-dealkylation sites (N-methyl/N-ethyl adjacent to an activating group) is 1. The minimum atomic E-state index is -0.578. The van der Waals surface area contributed by atoms with Gasteiger partial charge < -0.3 is 10.6 Å². The smallest absolute Gasteiger partial charge is 0.240 e. The summed E-state index contributed by atoms with van der Waals surface area (Å²) in [6.45, 7) is 6.20. The molecule has 3 nitrogen and oxygen atoms in total. The van der Waals surface area contributed by atoms with E-state index < -0.39 is 11.9 Å². The molecule has 0 saturated carbocycles. The van der Waals surface area contributed by atoms with Crippen LogP contribution in [0.5, 0.6) is 0 Å². The van der Waals surface area contributed by atoms with E-state index in [2.05, 4.69) is 0 Å². The molecular weight excluding hydrogens is 267 g/mol. The minimum Gasteiger partial charge on any atom is -0.337 e. The molecule has 1 aromatic rings. The topological polar surface area (TPSA) is 46.3 Å². The number of nitrogens with two attached hydrogens (primary N) is 1. The van der Waals surface area contributed by atoms with Gasteiger partial charge in [-0.15, -0.1) is 0 Å². The number of hydrogen-bond donors (Lipinski definition) is 1. The SMILES string of the molecule is CCN(Cc1c(F)cccc1Cl)C(=O)[C@@H](N)C(C)C. The van der Waals surface area contributed by atoms with Crippen molar-refractivity contribution in [2.24, 2.45) is 11.7 Å². The summed E-state index contributed by atoms with van der Waals surface area (Å²) >= 11 is 5.97. The standard InChI is InChI=1S/C14H20ClFN2O/c1-4-18(14(19)13(17)9(2)3)8-10-11(15)6-5-7-12(10)16/h5-7,9,13H,4,8,17H2,1-3H3/t13-/m0/s1. The summed E-state index contributed by atoms with van der Waals surface area (Å²) in [5, 5.41) is 0.323. The van der Waals surface area contributed by atoms with Crippen molar-refractivity contribution in [1.82, 2.24) is 4.90 Å². The molecule has 0 aliphatic carbocycles. The molecule has 0 radical (unpaired) electrons. The van der Waals surface area contributed by atoms with Gasteiger partial charge in [-0.2, -0.15) is 0 Å². The van der Waals surface area contributed by atoms with E-state index in [0.717, 1.165) is 0 Å². The van der Waals surface area contributed by atoms with Crippen molar-refractivity contribution in [3.05, 3.63) is 34.6 Å². The average Bonchev–Trinajstić information content (AvgIpc) is 2.37. The maximum atomic E-state index is 13.7. The van der Waals surface area contributed by atoms with Gasteiger partial charge in [-0.05, 0) is 25.0 Å². The van der Waals surface area contributed by atoms with E-state index in [9.17, 15) is 9.18 Å². The first kappa shape index (κ1) is 15.9. The van der Waals surface area contributed by atoms with Gasteiger partial charge >= 0.3 is 0 Å². The van der Waals surface area contributed by atoms with Gasteiger partial charge in [0, 0.05) is 17.1 Å². The molecule has 1 rings (SSSR count). The molecule has 106 valence electrons. The lowest BCUT2D eigenvalue weighted by Gasteiger charge is -2.26. The molecule has 0 bridgehead atoms. The van der Waals surface area contributed by atoms with Crippen molar-refractivity contribution in [3.63, 3.8) is 0 Å². The zero-order valence-corrected chi connectivity index (χ0v) is 12.2. The van der Waals surface area contributed by atoms with E-state index >= 15 is 0 Å². The van der Waals surface area contributed by atoms with E-state index in [4.69, 9.17) is 17.3 Å². The highest BCUT2D eigenvalue weighted by Crippen LogP contribution is 2.21. The number of carbonyl (C=O) groups excluding carboxylic acids is 1. The fourth-order valence-electron chi connectivity index (χ4n) is 1.72. The molecule has 0 saturated heterocycles. The highest BCUT2D eigenvalue weighted by Gasteiger charge is 2.24. The summed E-state index contributed by atoms with van der Waals surface area (Å²) in [5.41, 5.74) is 6.18. The molecule has 0 unspecified atom stereocenters. The molecule has 0 fully saturated rings. The van der Waals surface area contributed by atoms with Crippen LogP contribution in [-0.2, 0) is 11.3 Å². The molecule has 0 aliphatic rings. The zero-order valence-electron chi connectivity index (χ0n) is 11.5. The Labute approximate surface area is 118 Å². The number of halogens is 2. The largest absolute Gasteiger partial charge is 0.337 e. The lowest BCUT2D eigenvalue weighted by Crippen LogP contribution is -2.46. The number of amides is 1. The van der Waals surface area contributed by atoms with Gasteiger partial charge in [0.1, 0.15) is 5.82 Å². The molecule has 5 heteroatoms.